The number of rotatable bonds is 5. The molecule has 1 aromatic heterocycles. The number of nitrogens with one attached hydrogen (secondary N) is 1. The zero-order valence-corrected chi connectivity index (χ0v) is 11.0. The first-order valence-corrected chi connectivity index (χ1v) is 6.66. The quantitative estimate of drug-likeness (QED) is 0.849. The molecule has 3 nitrogen and oxygen atoms in total. The summed E-state index contributed by atoms with van der Waals surface area (Å²) in [6.07, 6.45) is 4.50. The standard InChI is InChI=1S/C14H24N2O/c1-3-16-8-4-5-13(16)11-15-12-14(2)6-9-17-10-7-14/h4-5,8,15H,3,6-7,9-12H2,1-2H3. The van der Waals surface area contributed by atoms with Gasteiger partial charge in [0.1, 0.15) is 0 Å². The van der Waals surface area contributed by atoms with Crippen molar-refractivity contribution in [2.75, 3.05) is 19.8 Å². The van der Waals surface area contributed by atoms with Gasteiger partial charge in [0.15, 0.2) is 0 Å². The van der Waals surface area contributed by atoms with Crippen LogP contribution in [0, 0.1) is 5.41 Å². The first kappa shape index (κ1) is 12.7. The Kier molecular flexibility index (Phi) is 4.24. The van der Waals surface area contributed by atoms with E-state index in [0.29, 0.717) is 5.41 Å². The van der Waals surface area contributed by atoms with Gasteiger partial charge in [-0.3, -0.25) is 0 Å². The zero-order chi connectivity index (χ0) is 12.1. The lowest BCUT2D eigenvalue weighted by atomic mass is 9.82. The molecule has 17 heavy (non-hydrogen) atoms. The van der Waals surface area contributed by atoms with Gasteiger partial charge in [-0.05, 0) is 37.3 Å². The fourth-order valence-electron chi connectivity index (χ4n) is 2.45. The summed E-state index contributed by atoms with van der Waals surface area (Å²) in [6.45, 7) is 9.50. The maximum Gasteiger partial charge on any atom is 0.0471 e. The Morgan fingerprint density at radius 1 is 1.41 bits per heavy atom. The maximum absolute atomic E-state index is 5.42. The highest BCUT2D eigenvalue weighted by Gasteiger charge is 2.26. The summed E-state index contributed by atoms with van der Waals surface area (Å²) in [5.74, 6) is 0. The van der Waals surface area contributed by atoms with Crippen LogP contribution >= 0.6 is 0 Å². The Labute approximate surface area is 104 Å². The molecule has 1 aromatic rings. The van der Waals surface area contributed by atoms with E-state index in [1.54, 1.807) is 0 Å². The molecule has 1 N–H and O–H groups in total. The van der Waals surface area contributed by atoms with Crippen LogP contribution in [0.2, 0.25) is 0 Å². The van der Waals surface area contributed by atoms with E-state index in [1.807, 2.05) is 0 Å². The molecular formula is C14H24N2O. The fraction of sp³-hybridized carbons (Fsp3) is 0.714. The highest BCUT2D eigenvalue weighted by molar-refractivity contribution is 5.06. The van der Waals surface area contributed by atoms with Gasteiger partial charge < -0.3 is 14.6 Å². The molecule has 1 saturated heterocycles. The van der Waals surface area contributed by atoms with Crippen molar-refractivity contribution in [1.82, 2.24) is 9.88 Å². The molecule has 0 spiro atoms. The Bertz CT molecular complexity index is 340. The highest BCUT2D eigenvalue weighted by Crippen LogP contribution is 2.28. The molecule has 2 heterocycles. The molecule has 3 heteroatoms. The molecular weight excluding hydrogens is 212 g/mol. The highest BCUT2D eigenvalue weighted by atomic mass is 16.5. The molecule has 1 aliphatic rings. The molecule has 1 aliphatic heterocycles. The van der Waals surface area contributed by atoms with E-state index in [2.05, 4.69) is 42.1 Å². The van der Waals surface area contributed by atoms with Crippen molar-refractivity contribution in [3.8, 4) is 0 Å². The van der Waals surface area contributed by atoms with E-state index in [4.69, 9.17) is 4.74 Å². The average molecular weight is 236 g/mol. The Morgan fingerprint density at radius 2 is 2.18 bits per heavy atom. The molecule has 0 saturated carbocycles. The van der Waals surface area contributed by atoms with Crippen LogP contribution in [0.3, 0.4) is 0 Å². The lowest BCUT2D eigenvalue weighted by Crippen LogP contribution is -2.36. The van der Waals surface area contributed by atoms with Gasteiger partial charge in [0, 0.05) is 44.7 Å². The smallest absolute Gasteiger partial charge is 0.0471 e. The summed E-state index contributed by atoms with van der Waals surface area (Å²) in [6, 6.07) is 4.32. The van der Waals surface area contributed by atoms with E-state index in [1.165, 1.54) is 18.5 Å². The first-order chi connectivity index (χ1) is 8.23. The minimum atomic E-state index is 0.419. The van der Waals surface area contributed by atoms with Crippen LogP contribution < -0.4 is 5.32 Å². The molecule has 0 aromatic carbocycles. The zero-order valence-electron chi connectivity index (χ0n) is 11.0. The molecule has 1 fully saturated rings. The van der Waals surface area contributed by atoms with Crippen molar-refractivity contribution in [3.63, 3.8) is 0 Å². The molecule has 2 rings (SSSR count). The van der Waals surface area contributed by atoms with Crippen LogP contribution in [0.1, 0.15) is 32.4 Å². The van der Waals surface area contributed by atoms with E-state index >= 15 is 0 Å². The molecule has 0 radical (unpaired) electrons. The van der Waals surface area contributed by atoms with Gasteiger partial charge in [-0.1, -0.05) is 6.92 Å². The summed E-state index contributed by atoms with van der Waals surface area (Å²) in [5, 5.41) is 3.60. The number of aryl methyl sites for hydroxylation is 1. The van der Waals surface area contributed by atoms with Gasteiger partial charge in [0.25, 0.3) is 0 Å². The lowest BCUT2D eigenvalue weighted by molar-refractivity contribution is 0.0239. The van der Waals surface area contributed by atoms with Crippen molar-refractivity contribution < 1.29 is 4.74 Å². The average Bonchev–Trinajstić information content (AvgIpc) is 2.77. The summed E-state index contributed by atoms with van der Waals surface area (Å²) in [7, 11) is 0. The molecule has 96 valence electrons. The van der Waals surface area contributed by atoms with Crippen molar-refractivity contribution in [1.29, 1.82) is 0 Å². The van der Waals surface area contributed by atoms with Gasteiger partial charge >= 0.3 is 0 Å². The van der Waals surface area contributed by atoms with Crippen molar-refractivity contribution in [3.05, 3.63) is 24.0 Å². The van der Waals surface area contributed by atoms with Crippen LogP contribution in [-0.4, -0.2) is 24.3 Å². The van der Waals surface area contributed by atoms with Gasteiger partial charge in [-0.2, -0.15) is 0 Å². The van der Waals surface area contributed by atoms with Crippen molar-refractivity contribution >= 4 is 0 Å². The van der Waals surface area contributed by atoms with Gasteiger partial charge in [0.05, 0.1) is 0 Å². The molecule has 0 aliphatic carbocycles. The third-order valence-electron chi connectivity index (χ3n) is 3.82. The molecule has 0 unspecified atom stereocenters. The maximum atomic E-state index is 5.42. The fourth-order valence-corrected chi connectivity index (χ4v) is 2.45. The summed E-state index contributed by atoms with van der Waals surface area (Å²) in [5.41, 5.74) is 1.80. The normalized spacial score (nSPS) is 19.4. The van der Waals surface area contributed by atoms with Crippen LogP contribution in [-0.2, 0) is 17.8 Å². The summed E-state index contributed by atoms with van der Waals surface area (Å²) in [4.78, 5) is 0. The van der Waals surface area contributed by atoms with Crippen LogP contribution in [0.25, 0.3) is 0 Å². The minimum Gasteiger partial charge on any atom is -0.381 e. The summed E-state index contributed by atoms with van der Waals surface area (Å²) >= 11 is 0. The van der Waals surface area contributed by atoms with Gasteiger partial charge in [0.2, 0.25) is 0 Å². The lowest BCUT2D eigenvalue weighted by Gasteiger charge is -2.33. The number of nitrogens with zero attached hydrogens (tertiary/aromatic N) is 1. The van der Waals surface area contributed by atoms with Crippen LogP contribution in [0.4, 0.5) is 0 Å². The van der Waals surface area contributed by atoms with E-state index in [-0.39, 0.29) is 0 Å². The minimum absolute atomic E-state index is 0.419. The number of hydrogen-bond donors (Lipinski definition) is 1. The predicted octanol–water partition coefficient (Wildman–Crippen LogP) is 2.41. The molecule has 0 atom stereocenters. The van der Waals surface area contributed by atoms with Gasteiger partial charge in [-0.15, -0.1) is 0 Å². The molecule has 0 bridgehead atoms. The van der Waals surface area contributed by atoms with Crippen molar-refractivity contribution in [2.45, 2.75) is 39.8 Å². The Balaban J connectivity index is 1.79. The third kappa shape index (κ3) is 3.33. The number of aromatic nitrogens is 1. The second kappa shape index (κ2) is 5.69. The topological polar surface area (TPSA) is 26.2 Å². The number of ether oxygens (including phenoxy) is 1. The predicted molar refractivity (Wildman–Crippen MR) is 70.0 cm³/mol. The van der Waals surface area contributed by atoms with Crippen LogP contribution in [0.5, 0.6) is 0 Å². The number of hydrogen-bond acceptors (Lipinski definition) is 2. The Morgan fingerprint density at radius 3 is 2.88 bits per heavy atom. The second-order valence-corrected chi connectivity index (χ2v) is 5.31. The van der Waals surface area contributed by atoms with E-state index < -0.39 is 0 Å². The Hall–Kier alpha value is -0.800. The van der Waals surface area contributed by atoms with Crippen molar-refractivity contribution in [2.24, 2.45) is 5.41 Å². The van der Waals surface area contributed by atoms with Crippen LogP contribution in [0.15, 0.2) is 18.3 Å². The summed E-state index contributed by atoms with van der Waals surface area (Å²) < 4.78 is 7.71. The second-order valence-electron chi connectivity index (χ2n) is 5.31. The van der Waals surface area contributed by atoms with Gasteiger partial charge in [-0.25, -0.2) is 0 Å². The van der Waals surface area contributed by atoms with E-state index in [0.717, 1.165) is 32.8 Å². The van der Waals surface area contributed by atoms with E-state index in [9.17, 15) is 0 Å². The third-order valence-corrected chi connectivity index (χ3v) is 3.82. The SMILES string of the molecule is CCn1cccc1CNCC1(C)CCOCC1. The monoisotopic (exact) mass is 236 g/mol. The first-order valence-electron chi connectivity index (χ1n) is 6.66. The molecule has 0 amide bonds. The largest absolute Gasteiger partial charge is 0.381 e.